The number of hydrogen-bond donors (Lipinski definition) is 2. The average molecular weight is 239 g/mol. The Kier molecular flexibility index (Phi) is 5.38. The highest BCUT2D eigenvalue weighted by molar-refractivity contribution is 5.41. The third-order valence-corrected chi connectivity index (χ3v) is 2.87. The van der Waals surface area contributed by atoms with E-state index in [4.69, 9.17) is 9.84 Å². The van der Waals surface area contributed by atoms with Gasteiger partial charge in [-0.05, 0) is 26.7 Å². The largest absolute Gasteiger partial charge is 0.496 e. The maximum absolute atomic E-state index is 9.80. The van der Waals surface area contributed by atoms with Gasteiger partial charge < -0.3 is 14.9 Å². The van der Waals surface area contributed by atoms with Crippen molar-refractivity contribution in [1.29, 1.82) is 0 Å². The Morgan fingerprint density at radius 2 is 2.12 bits per heavy atom. The van der Waals surface area contributed by atoms with Gasteiger partial charge in [0, 0.05) is 36.0 Å². The molecule has 0 aliphatic heterocycles. The molecule has 1 unspecified atom stereocenters. The van der Waals surface area contributed by atoms with E-state index in [1.807, 2.05) is 13.8 Å². The molecule has 0 bridgehead atoms. The molecule has 4 heteroatoms. The fourth-order valence-corrected chi connectivity index (χ4v) is 1.93. The quantitative estimate of drug-likeness (QED) is 0.787. The second-order valence-corrected chi connectivity index (χ2v) is 4.27. The number of hydrogen-bond acceptors (Lipinski definition) is 4. The minimum absolute atomic E-state index is 0.112. The first-order valence-electron chi connectivity index (χ1n) is 5.88. The summed E-state index contributed by atoms with van der Waals surface area (Å²) in [5, 5.41) is 18.5. The Labute approximate surface area is 102 Å². The van der Waals surface area contributed by atoms with Gasteiger partial charge in [-0.15, -0.1) is 0 Å². The van der Waals surface area contributed by atoms with Crippen LogP contribution in [-0.4, -0.2) is 35.0 Å². The number of aromatic nitrogens is 1. The standard InChI is InChI=1S/C13H21NO3/c1-9-8-14-12(10(2)13(9)17-3)7-11(16)5-4-6-15/h8,11,15-16H,4-7H2,1-3H3. The zero-order valence-corrected chi connectivity index (χ0v) is 10.7. The SMILES string of the molecule is COc1c(C)cnc(CC(O)CCCO)c1C. The molecule has 1 rings (SSSR count). The lowest BCUT2D eigenvalue weighted by atomic mass is 10.0. The molecule has 4 nitrogen and oxygen atoms in total. The van der Waals surface area contributed by atoms with E-state index in [1.165, 1.54) is 0 Å². The number of methoxy groups -OCH3 is 1. The van der Waals surface area contributed by atoms with Crippen molar-refractivity contribution in [1.82, 2.24) is 4.98 Å². The summed E-state index contributed by atoms with van der Waals surface area (Å²) in [7, 11) is 1.64. The first-order chi connectivity index (χ1) is 8.10. The Morgan fingerprint density at radius 3 is 2.71 bits per heavy atom. The van der Waals surface area contributed by atoms with Crippen LogP contribution in [0.5, 0.6) is 5.75 Å². The first kappa shape index (κ1) is 13.9. The highest BCUT2D eigenvalue weighted by Crippen LogP contribution is 2.24. The van der Waals surface area contributed by atoms with E-state index in [9.17, 15) is 5.11 Å². The number of nitrogens with zero attached hydrogens (tertiary/aromatic N) is 1. The fraction of sp³-hybridized carbons (Fsp3) is 0.615. The van der Waals surface area contributed by atoms with Gasteiger partial charge in [-0.1, -0.05) is 0 Å². The molecule has 1 atom stereocenters. The Morgan fingerprint density at radius 1 is 1.41 bits per heavy atom. The summed E-state index contributed by atoms with van der Waals surface area (Å²) in [6.07, 6.45) is 3.01. The normalized spacial score (nSPS) is 12.5. The van der Waals surface area contributed by atoms with Gasteiger partial charge >= 0.3 is 0 Å². The van der Waals surface area contributed by atoms with Crippen LogP contribution >= 0.6 is 0 Å². The van der Waals surface area contributed by atoms with Gasteiger partial charge in [0.15, 0.2) is 0 Å². The summed E-state index contributed by atoms with van der Waals surface area (Å²) in [5.41, 5.74) is 2.84. The predicted molar refractivity (Wildman–Crippen MR) is 66.3 cm³/mol. The molecule has 1 heterocycles. The van der Waals surface area contributed by atoms with Crippen LogP contribution in [-0.2, 0) is 6.42 Å². The van der Waals surface area contributed by atoms with Gasteiger partial charge in [-0.3, -0.25) is 4.98 Å². The zero-order valence-electron chi connectivity index (χ0n) is 10.7. The van der Waals surface area contributed by atoms with Crippen LogP contribution in [0.15, 0.2) is 6.20 Å². The zero-order chi connectivity index (χ0) is 12.8. The fourth-order valence-electron chi connectivity index (χ4n) is 1.93. The van der Waals surface area contributed by atoms with Crippen LogP contribution in [0.3, 0.4) is 0 Å². The summed E-state index contributed by atoms with van der Waals surface area (Å²) >= 11 is 0. The molecule has 0 spiro atoms. The average Bonchev–Trinajstić information content (AvgIpc) is 2.31. The van der Waals surface area contributed by atoms with Crippen molar-refractivity contribution in [3.05, 3.63) is 23.0 Å². The van der Waals surface area contributed by atoms with Crippen LogP contribution in [0.25, 0.3) is 0 Å². The van der Waals surface area contributed by atoms with Gasteiger partial charge in [0.05, 0.1) is 13.2 Å². The second kappa shape index (κ2) is 6.57. The maximum atomic E-state index is 9.80. The number of aryl methyl sites for hydroxylation is 1. The van der Waals surface area contributed by atoms with Crippen molar-refractivity contribution in [3.8, 4) is 5.75 Å². The van der Waals surface area contributed by atoms with Gasteiger partial charge in [0.25, 0.3) is 0 Å². The molecular weight excluding hydrogens is 218 g/mol. The van der Waals surface area contributed by atoms with E-state index in [2.05, 4.69) is 4.98 Å². The third-order valence-electron chi connectivity index (χ3n) is 2.87. The molecule has 1 aromatic rings. The monoisotopic (exact) mass is 239 g/mol. The molecule has 0 radical (unpaired) electrons. The van der Waals surface area contributed by atoms with Crippen molar-refractivity contribution in [3.63, 3.8) is 0 Å². The minimum Gasteiger partial charge on any atom is -0.496 e. The topological polar surface area (TPSA) is 62.6 Å². The van der Waals surface area contributed by atoms with E-state index >= 15 is 0 Å². The number of aliphatic hydroxyl groups is 2. The molecule has 0 saturated carbocycles. The minimum atomic E-state index is -0.458. The highest BCUT2D eigenvalue weighted by atomic mass is 16.5. The number of ether oxygens (including phenoxy) is 1. The van der Waals surface area contributed by atoms with Crippen LogP contribution in [0, 0.1) is 13.8 Å². The van der Waals surface area contributed by atoms with Crippen molar-refractivity contribution in [2.24, 2.45) is 0 Å². The summed E-state index contributed by atoms with van der Waals surface area (Å²) in [5.74, 6) is 0.837. The Hall–Kier alpha value is -1.13. The van der Waals surface area contributed by atoms with E-state index < -0.39 is 6.10 Å². The van der Waals surface area contributed by atoms with Crippen LogP contribution in [0.4, 0.5) is 0 Å². The van der Waals surface area contributed by atoms with Crippen LogP contribution in [0.1, 0.15) is 29.7 Å². The van der Waals surface area contributed by atoms with Crippen molar-refractivity contribution in [2.75, 3.05) is 13.7 Å². The summed E-state index contributed by atoms with van der Waals surface area (Å²) in [6.45, 7) is 4.01. The predicted octanol–water partition coefficient (Wildman–Crippen LogP) is 1.38. The summed E-state index contributed by atoms with van der Waals surface area (Å²) < 4.78 is 5.32. The molecule has 0 fully saturated rings. The Bertz CT molecular complexity index is 366. The molecule has 0 aromatic carbocycles. The lowest BCUT2D eigenvalue weighted by Crippen LogP contribution is -2.13. The molecule has 0 aliphatic carbocycles. The molecular formula is C13H21NO3. The number of rotatable bonds is 6. The van der Waals surface area contributed by atoms with Crippen molar-refractivity contribution < 1.29 is 14.9 Å². The van der Waals surface area contributed by atoms with Crippen molar-refractivity contribution in [2.45, 2.75) is 39.2 Å². The molecule has 2 N–H and O–H groups in total. The smallest absolute Gasteiger partial charge is 0.128 e. The van der Waals surface area contributed by atoms with Gasteiger partial charge in [0.2, 0.25) is 0 Å². The summed E-state index contributed by atoms with van der Waals surface area (Å²) in [4.78, 5) is 4.33. The van der Waals surface area contributed by atoms with E-state index in [0.717, 1.165) is 22.6 Å². The van der Waals surface area contributed by atoms with Crippen LogP contribution < -0.4 is 4.74 Å². The van der Waals surface area contributed by atoms with Gasteiger partial charge in [0.1, 0.15) is 5.75 Å². The van der Waals surface area contributed by atoms with Crippen LogP contribution in [0.2, 0.25) is 0 Å². The second-order valence-electron chi connectivity index (χ2n) is 4.27. The van der Waals surface area contributed by atoms with Crippen molar-refractivity contribution >= 4 is 0 Å². The lowest BCUT2D eigenvalue weighted by Gasteiger charge is -2.14. The molecule has 96 valence electrons. The molecule has 17 heavy (non-hydrogen) atoms. The van der Waals surface area contributed by atoms with E-state index in [1.54, 1.807) is 13.3 Å². The summed E-state index contributed by atoms with van der Waals surface area (Å²) in [6, 6.07) is 0. The molecule has 0 saturated heterocycles. The number of aliphatic hydroxyl groups excluding tert-OH is 2. The maximum Gasteiger partial charge on any atom is 0.128 e. The van der Waals surface area contributed by atoms with Gasteiger partial charge in [-0.2, -0.15) is 0 Å². The van der Waals surface area contributed by atoms with E-state index in [-0.39, 0.29) is 6.61 Å². The molecule has 0 aliphatic rings. The third kappa shape index (κ3) is 3.68. The van der Waals surface area contributed by atoms with E-state index in [0.29, 0.717) is 19.3 Å². The number of pyridine rings is 1. The molecule has 1 aromatic heterocycles. The van der Waals surface area contributed by atoms with Gasteiger partial charge in [-0.25, -0.2) is 0 Å². The first-order valence-corrected chi connectivity index (χ1v) is 5.88. The molecule has 0 amide bonds. The Balaban J connectivity index is 2.78. The lowest BCUT2D eigenvalue weighted by molar-refractivity contribution is 0.148. The highest BCUT2D eigenvalue weighted by Gasteiger charge is 2.13.